The third-order valence-corrected chi connectivity index (χ3v) is 7.55. The average Bonchev–Trinajstić information content (AvgIpc) is 2.94. The first-order valence-electron chi connectivity index (χ1n) is 13.5. The number of nitrogens with two attached hydrogens (primary N) is 2. The molecule has 4 aromatic carbocycles. The lowest BCUT2D eigenvalue weighted by molar-refractivity contribution is -0.0453. The van der Waals surface area contributed by atoms with Gasteiger partial charge in [-0.05, 0) is 65.8 Å². The van der Waals surface area contributed by atoms with Gasteiger partial charge < -0.3 is 26.4 Å². The Balaban J connectivity index is 1.50. The van der Waals surface area contributed by atoms with Crippen LogP contribution in [0.4, 0.5) is 16.2 Å². The van der Waals surface area contributed by atoms with Crippen LogP contribution < -0.4 is 11.5 Å². The Bertz CT molecular complexity index is 1380. The Morgan fingerprint density at radius 2 is 1.10 bits per heavy atom. The zero-order chi connectivity index (χ0) is 27.2. The van der Waals surface area contributed by atoms with Gasteiger partial charge in [-0.25, -0.2) is 4.79 Å². The number of hydrogen-bond donors (Lipinski definition) is 3. The van der Waals surface area contributed by atoms with E-state index >= 15 is 0 Å². The van der Waals surface area contributed by atoms with Crippen LogP contribution >= 0.6 is 0 Å². The molecule has 0 saturated carbocycles. The SMILES string of the molecule is Nc1cccc(CN2C(=O)N(Cc3cccc(N)c3)[C@H](Cc3ccccc3)[C@H](O)[C@H]2CCc2ccccc2)c1. The first-order valence-corrected chi connectivity index (χ1v) is 13.5. The molecule has 0 radical (unpaired) electrons. The van der Waals surface area contributed by atoms with E-state index in [2.05, 4.69) is 12.1 Å². The maximum atomic E-state index is 14.4. The third kappa shape index (κ3) is 6.41. The Kier molecular flexibility index (Phi) is 8.13. The summed E-state index contributed by atoms with van der Waals surface area (Å²) < 4.78 is 0. The van der Waals surface area contributed by atoms with Crippen molar-refractivity contribution in [3.8, 4) is 0 Å². The second-order valence-electron chi connectivity index (χ2n) is 10.4. The van der Waals surface area contributed by atoms with Crippen molar-refractivity contribution in [1.82, 2.24) is 9.80 Å². The first-order chi connectivity index (χ1) is 19.0. The number of nitrogen functional groups attached to an aromatic ring is 2. The Morgan fingerprint density at radius 1 is 0.615 bits per heavy atom. The summed E-state index contributed by atoms with van der Waals surface area (Å²) in [7, 11) is 0. The van der Waals surface area contributed by atoms with Crippen LogP contribution in [0.5, 0.6) is 0 Å². The van der Waals surface area contributed by atoms with E-state index in [-0.39, 0.29) is 18.1 Å². The monoisotopic (exact) mass is 520 g/mol. The largest absolute Gasteiger partial charge is 0.399 e. The second kappa shape index (κ2) is 12.0. The van der Waals surface area contributed by atoms with Crippen LogP contribution in [0.15, 0.2) is 109 Å². The van der Waals surface area contributed by atoms with Gasteiger partial charge >= 0.3 is 6.03 Å². The van der Waals surface area contributed by atoms with Crippen LogP contribution in [0.3, 0.4) is 0 Å². The minimum atomic E-state index is -0.756. The topological polar surface area (TPSA) is 95.8 Å². The smallest absolute Gasteiger partial charge is 0.321 e. The van der Waals surface area contributed by atoms with Gasteiger partial charge in [-0.2, -0.15) is 0 Å². The van der Waals surface area contributed by atoms with Crippen LogP contribution in [0.1, 0.15) is 28.7 Å². The number of aryl methyl sites for hydroxylation is 1. The maximum absolute atomic E-state index is 14.4. The van der Waals surface area contributed by atoms with E-state index in [1.54, 1.807) is 0 Å². The predicted molar refractivity (Wildman–Crippen MR) is 157 cm³/mol. The molecule has 2 amide bonds. The number of rotatable bonds is 9. The number of amides is 2. The number of hydrogen-bond acceptors (Lipinski definition) is 4. The molecule has 4 aromatic rings. The van der Waals surface area contributed by atoms with Crippen molar-refractivity contribution in [2.24, 2.45) is 0 Å². The third-order valence-electron chi connectivity index (χ3n) is 7.55. The molecule has 0 aliphatic carbocycles. The molecule has 1 saturated heterocycles. The van der Waals surface area contributed by atoms with Crippen molar-refractivity contribution in [1.29, 1.82) is 0 Å². The number of aliphatic hydroxyl groups is 1. The van der Waals surface area contributed by atoms with Gasteiger partial charge in [-0.3, -0.25) is 0 Å². The number of carbonyl (C=O) groups is 1. The normalized spacial score (nSPS) is 19.3. The molecule has 39 heavy (non-hydrogen) atoms. The standard InChI is InChI=1S/C33H36N4O2/c34-28-15-7-13-26(19-28)22-36-30(18-17-24-9-3-1-4-10-24)32(38)31(21-25-11-5-2-6-12-25)37(33(36)39)23-27-14-8-16-29(35)20-27/h1-16,19-20,30-32,38H,17-18,21-23,34-35H2/t30-,31-,32-/m1/s1. The Morgan fingerprint density at radius 3 is 1.64 bits per heavy atom. The Labute approximate surface area is 230 Å². The minimum absolute atomic E-state index is 0.0934. The number of benzene rings is 4. The number of carbonyl (C=O) groups excluding carboxylic acids is 1. The summed E-state index contributed by atoms with van der Waals surface area (Å²) in [6.07, 6.45) is 1.21. The summed E-state index contributed by atoms with van der Waals surface area (Å²) in [4.78, 5) is 18.0. The number of urea groups is 1. The van der Waals surface area contributed by atoms with Crippen molar-refractivity contribution in [2.75, 3.05) is 11.5 Å². The summed E-state index contributed by atoms with van der Waals surface area (Å²) in [5, 5.41) is 12.0. The van der Waals surface area contributed by atoms with Crippen molar-refractivity contribution < 1.29 is 9.90 Å². The lowest BCUT2D eigenvalue weighted by Gasteiger charge is -2.49. The lowest BCUT2D eigenvalue weighted by Crippen LogP contribution is -2.66. The summed E-state index contributed by atoms with van der Waals surface area (Å²) in [5.41, 5.74) is 17.6. The maximum Gasteiger partial charge on any atom is 0.321 e. The van der Waals surface area contributed by atoms with Crippen molar-refractivity contribution >= 4 is 17.4 Å². The van der Waals surface area contributed by atoms with Gasteiger partial charge in [-0.1, -0.05) is 84.9 Å². The zero-order valence-corrected chi connectivity index (χ0v) is 22.1. The van der Waals surface area contributed by atoms with Crippen LogP contribution in [-0.2, 0) is 25.9 Å². The number of anilines is 2. The van der Waals surface area contributed by atoms with Crippen LogP contribution in [0.25, 0.3) is 0 Å². The molecule has 1 aliphatic rings. The highest BCUT2D eigenvalue weighted by Crippen LogP contribution is 2.31. The zero-order valence-electron chi connectivity index (χ0n) is 22.1. The quantitative estimate of drug-likeness (QED) is 0.262. The summed E-state index contributed by atoms with van der Waals surface area (Å²) in [6.45, 7) is 0.725. The van der Waals surface area contributed by atoms with Gasteiger partial charge in [0.15, 0.2) is 0 Å². The van der Waals surface area contributed by atoms with Gasteiger partial charge in [0.05, 0.1) is 18.2 Å². The lowest BCUT2D eigenvalue weighted by atomic mass is 9.88. The van der Waals surface area contributed by atoms with Crippen molar-refractivity contribution in [3.63, 3.8) is 0 Å². The van der Waals surface area contributed by atoms with E-state index in [1.165, 1.54) is 5.56 Å². The summed E-state index contributed by atoms with van der Waals surface area (Å²) in [5.74, 6) is 0. The fraction of sp³-hybridized carbons (Fsp3) is 0.242. The van der Waals surface area contributed by atoms with E-state index in [0.29, 0.717) is 37.3 Å². The number of nitrogens with zero attached hydrogens (tertiary/aromatic N) is 2. The van der Waals surface area contributed by atoms with Crippen LogP contribution in [0, 0.1) is 0 Å². The molecule has 1 fully saturated rings. The molecule has 0 bridgehead atoms. The summed E-state index contributed by atoms with van der Waals surface area (Å²) >= 11 is 0. The van der Waals surface area contributed by atoms with E-state index in [0.717, 1.165) is 23.1 Å². The van der Waals surface area contributed by atoms with Crippen molar-refractivity contribution in [2.45, 2.75) is 50.5 Å². The molecule has 0 aromatic heterocycles. The highest BCUT2D eigenvalue weighted by molar-refractivity contribution is 5.77. The first kappa shape index (κ1) is 26.3. The molecular formula is C33H36N4O2. The van der Waals surface area contributed by atoms with Gasteiger partial charge in [-0.15, -0.1) is 0 Å². The van der Waals surface area contributed by atoms with Gasteiger partial charge in [0.2, 0.25) is 0 Å². The highest BCUT2D eigenvalue weighted by atomic mass is 16.3. The van der Waals surface area contributed by atoms with Crippen LogP contribution in [-0.4, -0.2) is 39.1 Å². The molecular weight excluding hydrogens is 484 g/mol. The second-order valence-corrected chi connectivity index (χ2v) is 10.4. The van der Waals surface area contributed by atoms with Crippen molar-refractivity contribution in [3.05, 3.63) is 131 Å². The number of aliphatic hydroxyl groups excluding tert-OH is 1. The highest BCUT2D eigenvalue weighted by Gasteiger charge is 2.45. The van der Waals surface area contributed by atoms with E-state index < -0.39 is 6.10 Å². The molecule has 1 heterocycles. The van der Waals surface area contributed by atoms with E-state index in [4.69, 9.17) is 11.5 Å². The van der Waals surface area contributed by atoms with Gasteiger partial charge in [0.1, 0.15) is 0 Å². The minimum Gasteiger partial charge on any atom is -0.399 e. The van der Waals surface area contributed by atoms with Crippen LogP contribution in [0.2, 0.25) is 0 Å². The van der Waals surface area contributed by atoms with Gasteiger partial charge in [0, 0.05) is 24.5 Å². The molecule has 0 spiro atoms. The molecule has 6 heteroatoms. The molecule has 1 aliphatic heterocycles. The molecule has 3 atom stereocenters. The Hall–Kier alpha value is -4.29. The van der Waals surface area contributed by atoms with E-state index in [1.807, 2.05) is 107 Å². The fourth-order valence-corrected chi connectivity index (χ4v) is 5.59. The molecule has 200 valence electrons. The molecule has 0 unspecified atom stereocenters. The molecule has 6 nitrogen and oxygen atoms in total. The summed E-state index contributed by atoms with van der Waals surface area (Å²) in [6, 6.07) is 34.7. The predicted octanol–water partition coefficient (Wildman–Crippen LogP) is 5.26. The van der Waals surface area contributed by atoms with E-state index in [9.17, 15) is 9.90 Å². The fourth-order valence-electron chi connectivity index (χ4n) is 5.59. The molecule has 5 N–H and O–H groups in total. The van der Waals surface area contributed by atoms with Gasteiger partial charge in [0.25, 0.3) is 0 Å². The molecule has 5 rings (SSSR count). The average molecular weight is 521 g/mol.